The lowest BCUT2D eigenvalue weighted by atomic mass is 9.72. The van der Waals surface area contributed by atoms with E-state index in [0.717, 1.165) is 31.2 Å². The van der Waals surface area contributed by atoms with E-state index in [1.54, 1.807) is 7.11 Å². The molecule has 0 saturated carbocycles. The number of fused-ring (bicyclic) bond motifs is 3. The molecular weight excluding hydrogens is 374 g/mol. The Bertz CT molecular complexity index is 765. The monoisotopic (exact) mass is 405 g/mol. The maximum Gasteiger partial charge on any atom is 0.303 e. The fourth-order valence-electron chi connectivity index (χ4n) is 4.43. The normalized spacial score (nSPS) is 27.9. The van der Waals surface area contributed by atoms with Gasteiger partial charge in [0.1, 0.15) is 17.1 Å². The van der Waals surface area contributed by atoms with Gasteiger partial charge in [0, 0.05) is 30.5 Å². The van der Waals surface area contributed by atoms with Crippen molar-refractivity contribution in [2.24, 2.45) is 22.4 Å². The Morgan fingerprint density at radius 2 is 2.17 bits per heavy atom. The summed E-state index contributed by atoms with van der Waals surface area (Å²) in [5.41, 5.74) is 11.2. The van der Waals surface area contributed by atoms with Crippen LogP contribution in [0.3, 0.4) is 0 Å². The predicted molar refractivity (Wildman–Crippen MR) is 109 cm³/mol. The highest BCUT2D eigenvalue weighted by Crippen LogP contribution is 2.53. The maximum atomic E-state index is 11.2. The molecule has 0 unspecified atom stereocenters. The zero-order valence-electron chi connectivity index (χ0n) is 17.1. The van der Waals surface area contributed by atoms with Gasteiger partial charge in [0.25, 0.3) is 0 Å². The summed E-state index contributed by atoms with van der Waals surface area (Å²) < 4.78 is 18.2. The van der Waals surface area contributed by atoms with Gasteiger partial charge in [0.2, 0.25) is 0 Å². The van der Waals surface area contributed by atoms with Crippen LogP contribution >= 0.6 is 0 Å². The van der Waals surface area contributed by atoms with E-state index in [9.17, 15) is 9.90 Å². The van der Waals surface area contributed by atoms with Gasteiger partial charge in [-0.05, 0) is 51.2 Å². The summed E-state index contributed by atoms with van der Waals surface area (Å²) in [5, 5.41) is 9.20. The maximum absolute atomic E-state index is 11.2. The molecule has 8 nitrogen and oxygen atoms in total. The van der Waals surface area contributed by atoms with Crippen LogP contribution in [0.4, 0.5) is 0 Å². The van der Waals surface area contributed by atoms with E-state index in [2.05, 4.69) is 4.99 Å². The number of aliphatic imine (C=N–C) groups is 1. The van der Waals surface area contributed by atoms with Crippen LogP contribution in [0.2, 0.25) is 0 Å². The Balaban J connectivity index is 1.80. The molecule has 1 aromatic carbocycles. The molecule has 0 amide bonds. The summed E-state index contributed by atoms with van der Waals surface area (Å²) in [6.45, 7) is 2.59. The highest BCUT2D eigenvalue weighted by atomic mass is 16.5. The predicted octanol–water partition coefficient (Wildman–Crippen LogP) is 2.60. The number of guanidine groups is 1. The number of carboxylic acid groups (broad SMARTS) is 1. The molecule has 1 aromatic rings. The van der Waals surface area contributed by atoms with Crippen molar-refractivity contribution in [3.05, 3.63) is 23.8 Å². The van der Waals surface area contributed by atoms with Crippen molar-refractivity contribution in [3.63, 3.8) is 0 Å². The molecule has 5 N–H and O–H groups in total. The first-order valence-corrected chi connectivity index (χ1v) is 10.1. The number of methoxy groups -OCH3 is 1. The Morgan fingerprint density at radius 1 is 1.38 bits per heavy atom. The van der Waals surface area contributed by atoms with Crippen LogP contribution in [0.25, 0.3) is 0 Å². The first-order valence-electron chi connectivity index (χ1n) is 10.1. The molecule has 3 rings (SSSR count). The Labute approximate surface area is 171 Å². The molecule has 0 aromatic heterocycles. The van der Waals surface area contributed by atoms with Gasteiger partial charge in [-0.25, -0.2) is 0 Å². The molecule has 2 aliphatic rings. The van der Waals surface area contributed by atoms with E-state index >= 15 is 0 Å². The van der Waals surface area contributed by atoms with Gasteiger partial charge in [-0.15, -0.1) is 0 Å². The van der Waals surface area contributed by atoms with Crippen molar-refractivity contribution in [2.45, 2.75) is 63.3 Å². The Kier molecular flexibility index (Phi) is 6.52. The Hall–Kier alpha value is -2.48. The van der Waals surface area contributed by atoms with Crippen molar-refractivity contribution in [1.29, 1.82) is 0 Å². The van der Waals surface area contributed by atoms with E-state index in [4.69, 9.17) is 25.7 Å². The first-order chi connectivity index (χ1) is 13.8. The number of hydrogen-bond acceptors (Lipinski definition) is 5. The molecule has 160 valence electrons. The topological polar surface area (TPSA) is 129 Å². The van der Waals surface area contributed by atoms with Gasteiger partial charge in [-0.1, -0.05) is 0 Å². The highest BCUT2D eigenvalue weighted by Gasteiger charge is 2.49. The largest absolute Gasteiger partial charge is 0.497 e. The molecule has 8 heteroatoms. The molecule has 1 saturated heterocycles. The molecular formula is C21H31N3O5. The molecule has 29 heavy (non-hydrogen) atoms. The van der Waals surface area contributed by atoms with Crippen LogP contribution in [-0.4, -0.2) is 42.4 Å². The smallest absolute Gasteiger partial charge is 0.303 e. The minimum atomic E-state index is -0.822. The second kappa shape index (κ2) is 8.90. The number of ether oxygens (including phenoxy) is 3. The molecule has 1 fully saturated rings. The second-order valence-electron chi connectivity index (χ2n) is 8.02. The average molecular weight is 405 g/mol. The third kappa shape index (κ3) is 4.93. The lowest BCUT2D eigenvalue weighted by Gasteiger charge is -2.50. The number of carbonyl (C=O) groups is 1. The molecule has 2 heterocycles. The first kappa shape index (κ1) is 21.2. The quantitative estimate of drug-likeness (QED) is 0.344. The summed E-state index contributed by atoms with van der Waals surface area (Å²) in [5.74, 6) is 0.789. The van der Waals surface area contributed by atoms with E-state index < -0.39 is 11.6 Å². The lowest BCUT2D eigenvalue weighted by Crippen LogP contribution is -2.50. The highest BCUT2D eigenvalue weighted by molar-refractivity contribution is 5.75. The zero-order chi connectivity index (χ0) is 21.0. The number of aliphatic carboxylic acids is 1. The van der Waals surface area contributed by atoms with Crippen LogP contribution in [0.5, 0.6) is 11.5 Å². The van der Waals surface area contributed by atoms with Gasteiger partial charge < -0.3 is 30.8 Å². The van der Waals surface area contributed by atoms with E-state index in [-0.39, 0.29) is 30.5 Å². The number of rotatable bonds is 8. The van der Waals surface area contributed by atoms with Crippen molar-refractivity contribution >= 4 is 11.9 Å². The molecule has 0 bridgehead atoms. The summed E-state index contributed by atoms with van der Waals surface area (Å²) in [4.78, 5) is 15.2. The summed E-state index contributed by atoms with van der Waals surface area (Å²) in [6, 6.07) is 5.76. The van der Waals surface area contributed by atoms with Crippen molar-refractivity contribution < 1.29 is 24.1 Å². The fourth-order valence-corrected chi connectivity index (χ4v) is 4.43. The minimum Gasteiger partial charge on any atom is -0.497 e. The van der Waals surface area contributed by atoms with Gasteiger partial charge in [-0.2, -0.15) is 0 Å². The third-order valence-electron chi connectivity index (χ3n) is 5.97. The van der Waals surface area contributed by atoms with Crippen molar-refractivity contribution in [2.75, 3.05) is 13.7 Å². The second-order valence-corrected chi connectivity index (χ2v) is 8.02. The van der Waals surface area contributed by atoms with E-state index in [1.807, 2.05) is 25.1 Å². The summed E-state index contributed by atoms with van der Waals surface area (Å²) >= 11 is 0. The molecule has 2 aliphatic heterocycles. The minimum absolute atomic E-state index is 0.0565. The number of nitrogens with zero attached hydrogens (tertiary/aromatic N) is 1. The standard InChI is InChI=1S/C21H31N3O5/c1-21(10-9-18(25)26)16-8-6-13(4-3-11-24-20(22)23)28-19(16)15-7-5-14(27-2)12-17(15)29-21/h5,7,12-13,16,19H,3-4,6,8-11H2,1-2H3,(H,25,26)(H4,22,23,24)/t13-,16-,19+,21+/m1/s1. The van der Waals surface area contributed by atoms with Crippen LogP contribution in [0, 0.1) is 5.92 Å². The van der Waals surface area contributed by atoms with Crippen LogP contribution in [0.15, 0.2) is 23.2 Å². The zero-order valence-corrected chi connectivity index (χ0v) is 17.1. The van der Waals surface area contributed by atoms with Gasteiger partial charge in [-0.3, -0.25) is 9.79 Å². The van der Waals surface area contributed by atoms with Gasteiger partial charge in [0.05, 0.1) is 19.3 Å². The molecule has 0 radical (unpaired) electrons. The van der Waals surface area contributed by atoms with Gasteiger partial charge in [0.15, 0.2) is 5.96 Å². The summed E-state index contributed by atoms with van der Waals surface area (Å²) in [6.07, 6.45) is 4.01. The number of nitrogens with two attached hydrogens (primary N) is 2. The molecule has 0 aliphatic carbocycles. The number of carboxylic acids is 1. The van der Waals surface area contributed by atoms with Crippen molar-refractivity contribution in [3.8, 4) is 11.5 Å². The van der Waals surface area contributed by atoms with Crippen LogP contribution in [0.1, 0.15) is 57.1 Å². The fraction of sp³-hybridized carbons (Fsp3) is 0.619. The van der Waals surface area contributed by atoms with E-state index in [1.165, 1.54) is 0 Å². The average Bonchev–Trinajstić information content (AvgIpc) is 2.69. The number of benzene rings is 1. The van der Waals surface area contributed by atoms with Crippen LogP contribution in [-0.2, 0) is 9.53 Å². The SMILES string of the molecule is COc1ccc2c(c1)O[C@@](C)(CCC(=O)O)[C@@H]1CC[C@@H](CCCN=C(N)N)O[C@@H]21. The number of hydrogen-bond donors (Lipinski definition) is 3. The lowest BCUT2D eigenvalue weighted by molar-refractivity contribution is -0.162. The molecule has 0 spiro atoms. The molecule has 4 atom stereocenters. The Morgan fingerprint density at radius 3 is 2.86 bits per heavy atom. The third-order valence-corrected chi connectivity index (χ3v) is 5.97. The van der Waals surface area contributed by atoms with E-state index in [0.29, 0.717) is 24.5 Å². The van der Waals surface area contributed by atoms with Gasteiger partial charge >= 0.3 is 5.97 Å². The summed E-state index contributed by atoms with van der Waals surface area (Å²) in [7, 11) is 1.61. The van der Waals surface area contributed by atoms with Crippen molar-refractivity contribution in [1.82, 2.24) is 0 Å². The van der Waals surface area contributed by atoms with Crippen LogP contribution < -0.4 is 20.9 Å².